The van der Waals surface area contributed by atoms with Gasteiger partial charge in [-0.1, -0.05) is 29.3 Å². The third-order valence-corrected chi connectivity index (χ3v) is 3.92. The number of methoxy groups -OCH3 is 1. The zero-order valence-electron chi connectivity index (χ0n) is 10.5. The van der Waals surface area contributed by atoms with E-state index in [-0.39, 0.29) is 0 Å². The Kier molecular flexibility index (Phi) is 4.91. The average molecular weight is 379 g/mol. The molecule has 0 spiro atoms. The zero-order chi connectivity index (χ0) is 14.9. The van der Waals surface area contributed by atoms with E-state index in [9.17, 15) is 4.39 Å². The van der Waals surface area contributed by atoms with Gasteiger partial charge in [0.2, 0.25) is 0 Å². The summed E-state index contributed by atoms with van der Waals surface area (Å²) in [7, 11) is 1.52. The van der Waals surface area contributed by atoms with E-state index in [0.29, 0.717) is 31.4 Å². The van der Waals surface area contributed by atoms with Gasteiger partial charge >= 0.3 is 0 Å². The van der Waals surface area contributed by atoms with Crippen molar-refractivity contribution in [3.8, 4) is 5.75 Å². The second-order valence-electron chi connectivity index (χ2n) is 4.15. The van der Waals surface area contributed by atoms with Crippen molar-refractivity contribution in [1.29, 1.82) is 0 Å². The summed E-state index contributed by atoms with van der Waals surface area (Å²) < 4.78 is 19.9. The summed E-state index contributed by atoms with van der Waals surface area (Å²) in [5.74, 6) is 0.0550. The molecule has 1 unspecified atom stereocenters. The summed E-state index contributed by atoms with van der Waals surface area (Å²) in [6, 6.07) is 7.00. The van der Waals surface area contributed by atoms with Crippen LogP contribution in [0.15, 0.2) is 34.8 Å². The van der Waals surface area contributed by atoms with Crippen molar-refractivity contribution in [2.45, 2.75) is 6.04 Å². The van der Waals surface area contributed by atoms with Crippen LogP contribution in [0.4, 0.5) is 4.39 Å². The van der Waals surface area contributed by atoms with Crippen molar-refractivity contribution in [2.24, 2.45) is 5.73 Å². The Balaban J connectivity index is 2.55. The van der Waals surface area contributed by atoms with E-state index in [1.807, 2.05) is 0 Å². The van der Waals surface area contributed by atoms with Gasteiger partial charge < -0.3 is 10.5 Å². The third kappa shape index (κ3) is 3.09. The minimum atomic E-state index is -0.711. The summed E-state index contributed by atoms with van der Waals surface area (Å²) >= 11 is 15.1. The first kappa shape index (κ1) is 15.6. The smallest absolute Gasteiger partial charge is 0.138 e. The Morgan fingerprint density at radius 1 is 1.15 bits per heavy atom. The summed E-state index contributed by atoms with van der Waals surface area (Å²) in [6.45, 7) is 0. The molecule has 0 aliphatic rings. The van der Waals surface area contributed by atoms with E-state index >= 15 is 0 Å². The second kappa shape index (κ2) is 6.31. The van der Waals surface area contributed by atoms with Crippen molar-refractivity contribution < 1.29 is 9.13 Å². The van der Waals surface area contributed by atoms with Gasteiger partial charge in [-0.05, 0) is 40.2 Å². The molecule has 0 fully saturated rings. The first-order valence-electron chi connectivity index (χ1n) is 5.67. The normalized spacial score (nSPS) is 12.3. The molecule has 0 aromatic heterocycles. The first-order chi connectivity index (χ1) is 9.43. The Hall–Kier alpha value is -0.810. The van der Waals surface area contributed by atoms with Crippen molar-refractivity contribution >= 4 is 39.1 Å². The highest BCUT2D eigenvalue weighted by atomic mass is 79.9. The molecule has 20 heavy (non-hydrogen) atoms. The van der Waals surface area contributed by atoms with Crippen LogP contribution in [0.1, 0.15) is 17.2 Å². The van der Waals surface area contributed by atoms with Gasteiger partial charge in [-0.2, -0.15) is 0 Å². The number of nitrogens with two attached hydrogens (primary N) is 1. The van der Waals surface area contributed by atoms with Crippen LogP contribution in [0.3, 0.4) is 0 Å². The van der Waals surface area contributed by atoms with E-state index in [1.54, 1.807) is 24.3 Å². The van der Waals surface area contributed by atoms with E-state index in [2.05, 4.69) is 15.9 Å². The van der Waals surface area contributed by atoms with Gasteiger partial charge in [0.1, 0.15) is 11.6 Å². The summed E-state index contributed by atoms with van der Waals surface area (Å²) in [5.41, 5.74) is 7.05. The molecule has 2 N–H and O–H groups in total. The number of benzene rings is 2. The van der Waals surface area contributed by atoms with Crippen LogP contribution in [-0.4, -0.2) is 7.11 Å². The lowest BCUT2D eigenvalue weighted by molar-refractivity contribution is 0.404. The van der Waals surface area contributed by atoms with Gasteiger partial charge in [-0.3, -0.25) is 0 Å². The molecule has 0 aliphatic heterocycles. The number of ether oxygens (including phenoxy) is 1. The first-order valence-corrected chi connectivity index (χ1v) is 7.22. The molecule has 0 saturated heterocycles. The molecule has 0 bridgehead atoms. The zero-order valence-corrected chi connectivity index (χ0v) is 13.6. The van der Waals surface area contributed by atoms with Crippen LogP contribution in [0, 0.1) is 5.82 Å². The lowest BCUT2D eigenvalue weighted by atomic mass is 9.98. The fraction of sp³-hybridized carbons (Fsp3) is 0.143. The van der Waals surface area contributed by atoms with Gasteiger partial charge in [-0.15, -0.1) is 0 Å². The highest BCUT2D eigenvalue weighted by Gasteiger charge is 2.20. The van der Waals surface area contributed by atoms with Crippen LogP contribution in [0.2, 0.25) is 10.0 Å². The van der Waals surface area contributed by atoms with Crippen LogP contribution in [-0.2, 0) is 0 Å². The van der Waals surface area contributed by atoms with E-state index < -0.39 is 11.9 Å². The molecule has 2 rings (SSSR count). The minimum absolute atomic E-state index is 0.317. The number of halogens is 4. The quantitative estimate of drug-likeness (QED) is 0.819. The molecule has 0 aliphatic carbocycles. The molecule has 106 valence electrons. The molecule has 0 amide bonds. The maximum Gasteiger partial charge on any atom is 0.138 e. The Morgan fingerprint density at radius 3 is 2.45 bits per heavy atom. The molecule has 2 nitrogen and oxygen atoms in total. The van der Waals surface area contributed by atoms with Crippen LogP contribution < -0.4 is 10.5 Å². The predicted molar refractivity (Wildman–Crippen MR) is 83.1 cm³/mol. The highest BCUT2D eigenvalue weighted by Crippen LogP contribution is 2.38. The summed E-state index contributed by atoms with van der Waals surface area (Å²) in [6.07, 6.45) is 0. The van der Waals surface area contributed by atoms with Gasteiger partial charge in [0.05, 0.1) is 17.6 Å². The molecule has 6 heteroatoms. The maximum atomic E-state index is 14.0. The van der Waals surface area contributed by atoms with Crippen LogP contribution in [0.5, 0.6) is 5.75 Å². The lowest BCUT2D eigenvalue weighted by Crippen LogP contribution is -2.15. The predicted octanol–water partition coefficient (Wildman–Crippen LogP) is 4.95. The molecule has 0 radical (unpaired) electrons. The van der Waals surface area contributed by atoms with Crippen molar-refractivity contribution in [3.05, 3.63) is 61.8 Å². The van der Waals surface area contributed by atoms with Crippen molar-refractivity contribution in [2.75, 3.05) is 7.11 Å². The average Bonchev–Trinajstić information content (AvgIpc) is 2.37. The lowest BCUT2D eigenvalue weighted by Gasteiger charge is -2.18. The Morgan fingerprint density at radius 2 is 1.85 bits per heavy atom. The second-order valence-corrected chi connectivity index (χ2v) is 5.88. The summed E-state index contributed by atoms with van der Waals surface area (Å²) in [5, 5.41) is 0.801. The molecule has 0 heterocycles. The number of hydrogen-bond donors (Lipinski definition) is 1. The van der Waals surface area contributed by atoms with Crippen molar-refractivity contribution in [1.82, 2.24) is 0 Å². The number of hydrogen-bond acceptors (Lipinski definition) is 2. The van der Waals surface area contributed by atoms with Crippen molar-refractivity contribution in [3.63, 3.8) is 0 Å². The van der Waals surface area contributed by atoms with Crippen LogP contribution in [0.25, 0.3) is 0 Å². The minimum Gasteiger partial charge on any atom is -0.495 e. The standard InChI is InChI=1S/C14H11BrCl2FNO/c1-20-14-10(4-8(17)5-11(14)15)13(19)9-3-2-7(16)6-12(9)18/h2-6,13H,19H2,1H3. The Bertz CT molecular complexity index is 651. The van der Waals surface area contributed by atoms with Gasteiger partial charge in [0.15, 0.2) is 0 Å². The molecular formula is C14H11BrCl2FNO. The van der Waals surface area contributed by atoms with E-state index in [0.717, 1.165) is 0 Å². The highest BCUT2D eigenvalue weighted by molar-refractivity contribution is 9.10. The monoisotopic (exact) mass is 377 g/mol. The van der Waals surface area contributed by atoms with E-state index in [4.69, 9.17) is 33.7 Å². The van der Waals surface area contributed by atoms with E-state index in [1.165, 1.54) is 13.2 Å². The Labute approximate surface area is 134 Å². The molecular weight excluding hydrogens is 368 g/mol. The SMILES string of the molecule is COc1c(Br)cc(Cl)cc1C(N)c1ccc(Cl)cc1F. The molecule has 0 saturated carbocycles. The number of rotatable bonds is 3. The fourth-order valence-corrected chi connectivity index (χ4v) is 3.10. The van der Waals surface area contributed by atoms with Gasteiger partial charge in [0, 0.05) is 21.2 Å². The maximum absolute atomic E-state index is 14.0. The third-order valence-electron chi connectivity index (χ3n) is 2.87. The molecule has 2 aromatic carbocycles. The van der Waals surface area contributed by atoms with Gasteiger partial charge in [0.25, 0.3) is 0 Å². The fourth-order valence-electron chi connectivity index (χ4n) is 1.95. The molecule has 1 atom stereocenters. The molecule has 2 aromatic rings. The summed E-state index contributed by atoms with van der Waals surface area (Å²) in [4.78, 5) is 0. The van der Waals surface area contributed by atoms with Crippen LogP contribution >= 0.6 is 39.1 Å². The van der Waals surface area contributed by atoms with Gasteiger partial charge in [-0.25, -0.2) is 4.39 Å². The largest absolute Gasteiger partial charge is 0.495 e. The topological polar surface area (TPSA) is 35.2 Å².